The van der Waals surface area contributed by atoms with Crippen molar-refractivity contribution >= 4 is 5.91 Å². The molecule has 0 aliphatic heterocycles. The highest BCUT2D eigenvalue weighted by Crippen LogP contribution is 2.04. The van der Waals surface area contributed by atoms with Crippen LogP contribution in [0.3, 0.4) is 0 Å². The van der Waals surface area contributed by atoms with E-state index in [0.717, 1.165) is 6.07 Å². The Bertz CT molecular complexity index is 298. The van der Waals surface area contributed by atoms with Gasteiger partial charge in [0, 0.05) is 0 Å². The maximum atomic E-state index is 12.3. The number of carbonyl (C=O) groups is 1. The molecule has 3 nitrogen and oxygen atoms in total. The summed E-state index contributed by atoms with van der Waals surface area (Å²) in [5, 5.41) is 0. The molecule has 1 heterocycles. The Morgan fingerprint density at radius 2 is 2.27 bits per heavy atom. The van der Waals surface area contributed by atoms with E-state index in [0.29, 0.717) is 5.69 Å². The van der Waals surface area contributed by atoms with Gasteiger partial charge in [0.1, 0.15) is 0 Å². The monoisotopic (exact) mass is 154 g/mol. The molecule has 0 spiro atoms. The summed E-state index contributed by atoms with van der Waals surface area (Å²) in [6.07, 6.45) is 0. The SMILES string of the molecule is Cc1nc(F)ccc1C(N)=O. The minimum absolute atomic E-state index is 0.256. The van der Waals surface area contributed by atoms with E-state index >= 15 is 0 Å². The van der Waals surface area contributed by atoms with Gasteiger partial charge in [-0.3, -0.25) is 4.79 Å². The Kier molecular flexibility index (Phi) is 1.85. The molecule has 0 aliphatic rings. The summed E-state index contributed by atoms with van der Waals surface area (Å²) < 4.78 is 12.3. The predicted octanol–water partition coefficient (Wildman–Crippen LogP) is 0.628. The molecule has 0 unspecified atom stereocenters. The highest BCUT2D eigenvalue weighted by Gasteiger charge is 2.05. The molecule has 2 N–H and O–H groups in total. The second-order valence-corrected chi connectivity index (χ2v) is 2.13. The average molecular weight is 154 g/mol. The smallest absolute Gasteiger partial charge is 0.250 e. The van der Waals surface area contributed by atoms with Crippen LogP contribution < -0.4 is 5.73 Å². The van der Waals surface area contributed by atoms with Gasteiger partial charge in [-0.25, -0.2) is 4.98 Å². The molecule has 1 aromatic rings. The Balaban J connectivity index is 3.20. The number of primary amides is 1. The van der Waals surface area contributed by atoms with E-state index in [1.807, 2.05) is 0 Å². The molecule has 1 amide bonds. The number of pyridine rings is 1. The summed E-state index contributed by atoms with van der Waals surface area (Å²) in [5.74, 6) is -1.19. The lowest BCUT2D eigenvalue weighted by atomic mass is 10.2. The van der Waals surface area contributed by atoms with E-state index in [9.17, 15) is 9.18 Å². The lowest BCUT2D eigenvalue weighted by Crippen LogP contribution is -2.13. The number of hydrogen-bond acceptors (Lipinski definition) is 2. The van der Waals surface area contributed by atoms with Gasteiger partial charge < -0.3 is 5.73 Å². The standard InChI is InChI=1S/C7H7FN2O/c1-4-5(7(9)11)2-3-6(8)10-4/h2-3H,1H3,(H2,9,11). The number of halogens is 1. The maximum Gasteiger partial charge on any atom is 0.250 e. The minimum atomic E-state index is -0.604. The molecule has 0 aromatic carbocycles. The summed E-state index contributed by atoms with van der Waals surface area (Å²) in [4.78, 5) is 14.0. The van der Waals surface area contributed by atoms with Crippen LogP contribution in [0.15, 0.2) is 12.1 Å². The highest BCUT2D eigenvalue weighted by molar-refractivity contribution is 5.93. The Hall–Kier alpha value is -1.45. The molecule has 58 valence electrons. The summed E-state index contributed by atoms with van der Waals surface area (Å²) >= 11 is 0. The average Bonchev–Trinajstić information content (AvgIpc) is 1.85. The number of hydrogen-bond donors (Lipinski definition) is 1. The number of aryl methyl sites for hydroxylation is 1. The molecule has 0 fully saturated rings. The van der Waals surface area contributed by atoms with Gasteiger partial charge in [0.05, 0.1) is 11.3 Å². The fourth-order valence-corrected chi connectivity index (χ4v) is 0.791. The maximum absolute atomic E-state index is 12.3. The van der Waals surface area contributed by atoms with Gasteiger partial charge in [-0.2, -0.15) is 4.39 Å². The topological polar surface area (TPSA) is 56.0 Å². The van der Waals surface area contributed by atoms with Crippen LogP contribution in [0.2, 0.25) is 0 Å². The Labute approximate surface area is 63.0 Å². The van der Waals surface area contributed by atoms with Crippen molar-refractivity contribution in [2.45, 2.75) is 6.92 Å². The number of nitrogens with two attached hydrogens (primary N) is 1. The van der Waals surface area contributed by atoms with Gasteiger partial charge in [-0.15, -0.1) is 0 Å². The Morgan fingerprint density at radius 3 is 2.73 bits per heavy atom. The van der Waals surface area contributed by atoms with Gasteiger partial charge in [0.25, 0.3) is 5.91 Å². The van der Waals surface area contributed by atoms with Gasteiger partial charge in [0.2, 0.25) is 5.95 Å². The first-order valence-electron chi connectivity index (χ1n) is 3.04. The molecule has 0 bridgehead atoms. The summed E-state index contributed by atoms with van der Waals surface area (Å²) in [6.45, 7) is 1.53. The first-order valence-corrected chi connectivity index (χ1v) is 3.04. The van der Waals surface area contributed by atoms with Crippen molar-refractivity contribution in [3.8, 4) is 0 Å². The van der Waals surface area contributed by atoms with Crippen LogP contribution in [0.5, 0.6) is 0 Å². The van der Waals surface area contributed by atoms with Crippen molar-refractivity contribution < 1.29 is 9.18 Å². The fourth-order valence-electron chi connectivity index (χ4n) is 0.791. The lowest BCUT2D eigenvalue weighted by molar-refractivity contribution is 0.0999. The van der Waals surface area contributed by atoms with E-state index in [2.05, 4.69) is 4.98 Å². The number of aromatic nitrogens is 1. The first kappa shape index (κ1) is 7.65. The van der Waals surface area contributed by atoms with E-state index in [-0.39, 0.29) is 5.56 Å². The number of carbonyl (C=O) groups excluding carboxylic acids is 1. The van der Waals surface area contributed by atoms with Crippen molar-refractivity contribution in [2.75, 3.05) is 0 Å². The molecule has 0 saturated carbocycles. The third kappa shape index (κ3) is 1.52. The molecule has 4 heteroatoms. The molecule has 0 aliphatic carbocycles. The molecular formula is C7H7FN2O. The van der Waals surface area contributed by atoms with Crippen LogP contribution in [-0.2, 0) is 0 Å². The molecular weight excluding hydrogens is 147 g/mol. The molecule has 0 radical (unpaired) electrons. The zero-order chi connectivity index (χ0) is 8.43. The second-order valence-electron chi connectivity index (χ2n) is 2.13. The highest BCUT2D eigenvalue weighted by atomic mass is 19.1. The Morgan fingerprint density at radius 1 is 1.64 bits per heavy atom. The lowest BCUT2D eigenvalue weighted by Gasteiger charge is -1.98. The van der Waals surface area contributed by atoms with Crippen LogP contribution in [0.1, 0.15) is 16.1 Å². The molecule has 0 saturated heterocycles. The molecule has 1 rings (SSSR count). The number of amides is 1. The van der Waals surface area contributed by atoms with Gasteiger partial charge in [0.15, 0.2) is 0 Å². The zero-order valence-corrected chi connectivity index (χ0v) is 5.97. The van der Waals surface area contributed by atoms with Crippen LogP contribution in [0, 0.1) is 12.9 Å². The van der Waals surface area contributed by atoms with E-state index in [4.69, 9.17) is 5.73 Å². The van der Waals surface area contributed by atoms with Crippen molar-refractivity contribution in [2.24, 2.45) is 5.73 Å². The van der Waals surface area contributed by atoms with Crippen LogP contribution >= 0.6 is 0 Å². The van der Waals surface area contributed by atoms with Crippen molar-refractivity contribution in [1.29, 1.82) is 0 Å². The van der Waals surface area contributed by atoms with Crippen molar-refractivity contribution in [1.82, 2.24) is 4.98 Å². The van der Waals surface area contributed by atoms with E-state index in [1.54, 1.807) is 0 Å². The van der Waals surface area contributed by atoms with Gasteiger partial charge in [-0.1, -0.05) is 0 Å². The first-order chi connectivity index (χ1) is 5.11. The van der Waals surface area contributed by atoms with Gasteiger partial charge >= 0.3 is 0 Å². The number of rotatable bonds is 1. The molecule has 11 heavy (non-hydrogen) atoms. The van der Waals surface area contributed by atoms with E-state index in [1.165, 1.54) is 13.0 Å². The second kappa shape index (κ2) is 2.65. The summed E-state index contributed by atoms with van der Waals surface area (Å²) in [6, 6.07) is 2.42. The van der Waals surface area contributed by atoms with Crippen LogP contribution in [0.25, 0.3) is 0 Å². The van der Waals surface area contributed by atoms with E-state index < -0.39 is 11.9 Å². The summed E-state index contributed by atoms with van der Waals surface area (Å²) in [7, 11) is 0. The zero-order valence-electron chi connectivity index (χ0n) is 5.97. The summed E-state index contributed by atoms with van der Waals surface area (Å²) in [5.41, 5.74) is 5.54. The molecule has 1 aromatic heterocycles. The fraction of sp³-hybridized carbons (Fsp3) is 0.143. The quantitative estimate of drug-likeness (QED) is 0.603. The molecule has 0 atom stereocenters. The van der Waals surface area contributed by atoms with Gasteiger partial charge in [-0.05, 0) is 19.1 Å². The largest absolute Gasteiger partial charge is 0.366 e. The van der Waals surface area contributed by atoms with Crippen molar-refractivity contribution in [3.05, 3.63) is 29.3 Å². The van der Waals surface area contributed by atoms with Crippen LogP contribution in [-0.4, -0.2) is 10.9 Å². The third-order valence-electron chi connectivity index (χ3n) is 1.32. The van der Waals surface area contributed by atoms with Crippen LogP contribution in [0.4, 0.5) is 4.39 Å². The third-order valence-corrected chi connectivity index (χ3v) is 1.32. The normalized spacial score (nSPS) is 9.64. The van der Waals surface area contributed by atoms with Crippen molar-refractivity contribution in [3.63, 3.8) is 0 Å². The predicted molar refractivity (Wildman–Crippen MR) is 37.4 cm³/mol. The minimum Gasteiger partial charge on any atom is -0.366 e. The number of nitrogens with zero attached hydrogens (tertiary/aromatic N) is 1.